The normalized spacial score (nSPS) is 17.7. The van der Waals surface area contributed by atoms with E-state index in [0.717, 1.165) is 66.8 Å². The molecular formula is C22H24N6O2S. The fraction of sp³-hybridized carbons (Fsp3) is 0.409. The van der Waals surface area contributed by atoms with Crippen molar-refractivity contribution in [1.82, 2.24) is 24.8 Å². The van der Waals surface area contributed by atoms with E-state index in [1.165, 1.54) is 11.3 Å². The standard InChI is InChI=1S/C22H24N6O2S/c29-21(19-2-1-13-31-19)27-7-3-16(4-8-27)20-17(18-15-23-5-6-24-18)14-25-22(26-20)28-9-11-30-12-10-28/h1-2,5-6,13-16H,3-4,7-12H2. The van der Waals surface area contributed by atoms with Crippen molar-refractivity contribution in [2.75, 3.05) is 44.3 Å². The van der Waals surface area contributed by atoms with E-state index in [9.17, 15) is 4.79 Å². The van der Waals surface area contributed by atoms with Gasteiger partial charge in [-0.2, -0.15) is 0 Å². The van der Waals surface area contributed by atoms with Crippen LogP contribution in [-0.4, -0.2) is 70.1 Å². The van der Waals surface area contributed by atoms with Crippen LogP contribution in [0.15, 0.2) is 42.3 Å². The van der Waals surface area contributed by atoms with Crippen LogP contribution >= 0.6 is 11.3 Å². The van der Waals surface area contributed by atoms with Crippen molar-refractivity contribution >= 4 is 23.2 Å². The van der Waals surface area contributed by atoms with Gasteiger partial charge in [-0.1, -0.05) is 6.07 Å². The van der Waals surface area contributed by atoms with Crippen LogP contribution in [0.2, 0.25) is 0 Å². The Bertz CT molecular complexity index is 1020. The smallest absolute Gasteiger partial charge is 0.263 e. The molecule has 0 radical (unpaired) electrons. The Morgan fingerprint density at radius 1 is 1.06 bits per heavy atom. The van der Waals surface area contributed by atoms with Gasteiger partial charge in [-0.15, -0.1) is 11.3 Å². The molecule has 5 heterocycles. The van der Waals surface area contributed by atoms with Crippen molar-refractivity contribution in [3.63, 3.8) is 0 Å². The number of anilines is 1. The third kappa shape index (κ3) is 4.28. The number of amides is 1. The van der Waals surface area contributed by atoms with Crippen molar-refractivity contribution in [3.8, 4) is 11.3 Å². The summed E-state index contributed by atoms with van der Waals surface area (Å²) in [5.41, 5.74) is 2.71. The first-order chi connectivity index (χ1) is 15.3. The van der Waals surface area contributed by atoms with Crippen LogP contribution in [0.25, 0.3) is 11.3 Å². The second-order valence-electron chi connectivity index (χ2n) is 7.70. The number of carbonyl (C=O) groups is 1. The Morgan fingerprint density at radius 3 is 2.61 bits per heavy atom. The third-order valence-corrected chi connectivity index (χ3v) is 6.70. The molecule has 2 saturated heterocycles. The van der Waals surface area contributed by atoms with E-state index in [-0.39, 0.29) is 11.8 Å². The predicted octanol–water partition coefficient (Wildman–Crippen LogP) is 2.85. The van der Waals surface area contributed by atoms with Crippen molar-refractivity contribution in [2.45, 2.75) is 18.8 Å². The first kappa shape index (κ1) is 20.0. The van der Waals surface area contributed by atoms with E-state index in [2.05, 4.69) is 19.9 Å². The molecule has 0 aliphatic carbocycles. The van der Waals surface area contributed by atoms with Crippen molar-refractivity contribution in [1.29, 1.82) is 0 Å². The Hall–Kier alpha value is -2.91. The summed E-state index contributed by atoms with van der Waals surface area (Å²) in [5.74, 6) is 1.11. The number of thiophene rings is 1. The molecule has 3 aromatic rings. The topological polar surface area (TPSA) is 84.3 Å². The molecule has 0 bridgehead atoms. The largest absolute Gasteiger partial charge is 0.378 e. The number of carbonyl (C=O) groups excluding carboxylic acids is 1. The van der Waals surface area contributed by atoms with Gasteiger partial charge in [0.15, 0.2) is 0 Å². The quantitative estimate of drug-likeness (QED) is 0.622. The van der Waals surface area contributed by atoms with Crippen molar-refractivity contribution < 1.29 is 9.53 Å². The fourth-order valence-corrected chi connectivity index (χ4v) is 4.85. The van der Waals surface area contributed by atoms with E-state index in [1.54, 1.807) is 18.6 Å². The highest BCUT2D eigenvalue weighted by Crippen LogP contribution is 2.34. The summed E-state index contributed by atoms with van der Waals surface area (Å²) in [4.78, 5) is 36.0. The Balaban J connectivity index is 1.40. The zero-order valence-corrected chi connectivity index (χ0v) is 18.0. The first-order valence-electron chi connectivity index (χ1n) is 10.6. The summed E-state index contributed by atoms with van der Waals surface area (Å²) >= 11 is 1.50. The van der Waals surface area contributed by atoms with E-state index in [4.69, 9.17) is 9.72 Å². The van der Waals surface area contributed by atoms with E-state index < -0.39 is 0 Å². The van der Waals surface area contributed by atoms with Gasteiger partial charge in [0.2, 0.25) is 5.95 Å². The number of rotatable bonds is 4. The Labute approximate surface area is 184 Å². The highest BCUT2D eigenvalue weighted by Gasteiger charge is 2.29. The summed E-state index contributed by atoms with van der Waals surface area (Å²) in [7, 11) is 0. The molecule has 1 amide bonds. The van der Waals surface area contributed by atoms with Crippen LogP contribution in [0.5, 0.6) is 0 Å². The lowest BCUT2D eigenvalue weighted by Crippen LogP contribution is -2.39. The number of hydrogen-bond acceptors (Lipinski definition) is 8. The van der Waals surface area contributed by atoms with Gasteiger partial charge in [-0.25, -0.2) is 9.97 Å². The molecule has 5 rings (SSSR count). The molecule has 0 unspecified atom stereocenters. The van der Waals surface area contributed by atoms with Crippen LogP contribution in [-0.2, 0) is 4.74 Å². The number of hydrogen-bond donors (Lipinski definition) is 0. The molecular weight excluding hydrogens is 412 g/mol. The zero-order valence-electron chi connectivity index (χ0n) is 17.2. The van der Waals surface area contributed by atoms with Gasteiger partial charge >= 0.3 is 0 Å². The summed E-state index contributed by atoms with van der Waals surface area (Å²) in [6.07, 6.45) is 8.72. The first-order valence-corrected chi connectivity index (χ1v) is 11.5. The zero-order chi connectivity index (χ0) is 21.0. The maximum absolute atomic E-state index is 12.7. The van der Waals surface area contributed by atoms with Gasteiger partial charge in [-0.05, 0) is 24.3 Å². The molecule has 0 saturated carbocycles. The van der Waals surface area contributed by atoms with Gasteiger partial charge in [0.05, 0.1) is 35.7 Å². The monoisotopic (exact) mass is 436 g/mol. The molecule has 31 heavy (non-hydrogen) atoms. The van der Waals surface area contributed by atoms with Gasteiger partial charge in [0.1, 0.15) is 0 Å². The van der Waals surface area contributed by atoms with Crippen molar-refractivity contribution in [3.05, 3.63) is 52.9 Å². The second kappa shape index (κ2) is 9.07. The predicted molar refractivity (Wildman–Crippen MR) is 118 cm³/mol. The number of nitrogens with zero attached hydrogens (tertiary/aromatic N) is 6. The molecule has 0 N–H and O–H groups in total. The van der Waals surface area contributed by atoms with E-state index >= 15 is 0 Å². The SMILES string of the molecule is O=C(c1cccs1)N1CCC(c2nc(N3CCOCC3)ncc2-c2cnccn2)CC1. The minimum Gasteiger partial charge on any atom is -0.378 e. The minimum absolute atomic E-state index is 0.124. The van der Waals surface area contributed by atoms with Crippen LogP contribution in [0.4, 0.5) is 5.95 Å². The lowest BCUT2D eigenvalue weighted by molar-refractivity contribution is 0.0717. The average Bonchev–Trinajstić information content (AvgIpc) is 3.40. The van der Waals surface area contributed by atoms with Gasteiger partial charge in [0, 0.05) is 56.3 Å². The van der Waals surface area contributed by atoms with Crippen LogP contribution < -0.4 is 4.90 Å². The molecule has 160 valence electrons. The van der Waals surface area contributed by atoms with Crippen LogP contribution in [0, 0.1) is 0 Å². The molecule has 2 aliphatic rings. The average molecular weight is 437 g/mol. The lowest BCUT2D eigenvalue weighted by atomic mass is 9.90. The van der Waals surface area contributed by atoms with Gasteiger partial charge in [-0.3, -0.25) is 14.8 Å². The van der Waals surface area contributed by atoms with Crippen molar-refractivity contribution in [2.24, 2.45) is 0 Å². The highest BCUT2D eigenvalue weighted by atomic mass is 32.1. The number of piperidine rings is 1. The third-order valence-electron chi connectivity index (χ3n) is 5.84. The molecule has 2 aliphatic heterocycles. The molecule has 0 atom stereocenters. The number of ether oxygens (including phenoxy) is 1. The van der Waals surface area contributed by atoms with E-state index in [0.29, 0.717) is 13.2 Å². The maximum Gasteiger partial charge on any atom is 0.263 e. The molecule has 2 fully saturated rings. The minimum atomic E-state index is 0.124. The fourth-order valence-electron chi connectivity index (χ4n) is 4.16. The number of morpholine rings is 1. The second-order valence-corrected chi connectivity index (χ2v) is 8.65. The van der Waals surface area contributed by atoms with Gasteiger partial charge in [0.25, 0.3) is 5.91 Å². The van der Waals surface area contributed by atoms with E-state index in [1.807, 2.05) is 28.6 Å². The maximum atomic E-state index is 12.7. The summed E-state index contributed by atoms with van der Waals surface area (Å²) in [6.45, 7) is 4.40. The van der Waals surface area contributed by atoms with Crippen LogP contribution in [0.1, 0.15) is 34.1 Å². The van der Waals surface area contributed by atoms with Crippen LogP contribution in [0.3, 0.4) is 0 Å². The summed E-state index contributed by atoms with van der Waals surface area (Å²) in [5, 5.41) is 1.95. The number of aromatic nitrogens is 4. The number of likely N-dealkylation sites (tertiary alicyclic amines) is 1. The highest BCUT2D eigenvalue weighted by molar-refractivity contribution is 7.12. The molecule has 9 heteroatoms. The molecule has 3 aromatic heterocycles. The Morgan fingerprint density at radius 2 is 1.90 bits per heavy atom. The summed E-state index contributed by atoms with van der Waals surface area (Å²) in [6, 6.07) is 3.82. The molecule has 8 nitrogen and oxygen atoms in total. The summed E-state index contributed by atoms with van der Waals surface area (Å²) < 4.78 is 5.47. The Kier molecular flexibility index (Phi) is 5.86. The lowest BCUT2D eigenvalue weighted by Gasteiger charge is -2.33. The van der Waals surface area contributed by atoms with Gasteiger partial charge < -0.3 is 14.5 Å². The molecule has 0 spiro atoms. The molecule has 0 aromatic carbocycles.